The monoisotopic (exact) mass is 358 g/mol. The summed E-state index contributed by atoms with van der Waals surface area (Å²) in [7, 11) is 1.33. The van der Waals surface area contributed by atoms with E-state index in [1.54, 1.807) is 24.3 Å². The Labute approximate surface area is 149 Å². The van der Waals surface area contributed by atoms with Gasteiger partial charge in [0.1, 0.15) is 0 Å². The quantitative estimate of drug-likeness (QED) is 0.279. The number of thioether (sulfide) groups is 1. The molecule has 1 heterocycles. The van der Waals surface area contributed by atoms with Crippen LogP contribution < -0.4 is 5.43 Å². The van der Waals surface area contributed by atoms with E-state index >= 15 is 0 Å². The highest BCUT2D eigenvalue weighted by Crippen LogP contribution is 2.13. The van der Waals surface area contributed by atoms with Crippen molar-refractivity contribution in [2.24, 2.45) is 5.10 Å². The standard InChI is InChI=1S/C17H18N4O3S/c1-11-8-12(2)20-17(19-11)25-10-15(22)21-18-9-13-4-6-14(7-5-13)16(23)24-3/h4-9H,10H2,1-3H3,(H,21,22)/b18-9-. The highest BCUT2D eigenvalue weighted by atomic mass is 32.2. The molecule has 0 radical (unpaired) electrons. The van der Waals surface area contributed by atoms with Gasteiger partial charge >= 0.3 is 5.97 Å². The minimum atomic E-state index is -0.401. The molecular formula is C17H18N4O3S. The fourth-order valence-corrected chi connectivity index (χ4v) is 2.66. The molecule has 8 heteroatoms. The molecule has 0 saturated carbocycles. The van der Waals surface area contributed by atoms with Crippen molar-refractivity contribution >= 4 is 29.9 Å². The van der Waals surface area contributed by atoms with E-state index in [9.17, 15) is 9.59 Å². The maximum absolute atomic E-state index is 11.8. The first-order valence-electron chi connectivity index (χ1n) is 7.43. The number of aromatic nitrogens is 2. The van der Waals surface area contributed by atoms with Gasteiger partial charge in [0, 0.05) is 11.4 Å². The van der Waals surface area contributed by atoms with Crippen LogP contribution in [0.15, 0.2) is 40.6 Å². The van der Waals surface area contributed by atoms with Crippen molar-refractivity contribution in [3.63, 3.8) is 0 Å². The number of nitrogens with zero attached hydrogens (tertiary/aromatic N) is 3. The van der Waals surface area contributed by atoms with Gasteiger partial charge in [-0.15, -0.1) is 0 Å². The van der Waals surface area contributed by atoms with Crippen LogP contribution in [0.5, 0.6) is 0 Å². The molecule has 2 rings (SSSR count). The van der Waals surface area contributed by atoms with Crippen molar-refractivity contribution in [1.29, 1.82) is 0 Å². The van der Waals surface area contributed by atoms with E-state index in [0.717, 1.165) is 17.0 Å². The first-order valence-corrected chi connectivity index (χ1v) is 8.42. The molecule has 0 aliphatic heterocycles. The van der Waals surface area contributed by atoms with Gasteiger partial charge in [-0.2, -0.15) is 5.10 Å². The van der Waals surface area contributed by atoms with Crippen LogP contribution in [0.3, 0.4) is 0 Å². The van der Waals surface area contributed by atoms with E-state index < -0.39 is 5.97 Å². The van der Waals surface area contributed by atoms with Gasteiger partial charge in [-0.3, -0.25) is 4.79 Å². The number of hydrogen-bond donors (Lipinski definition) is 1. The zero-order chi connectivity index (χ0) is 18.2. The Kier molecular flexibility index (Phi) is 6.64. The van der Waals surface area contributed by atoms with E-state index in [1.165, 1.54) is 25.1 Å². The number of nitrogens with one attached hydrogen (secondary N) is 1. The lowest BCUT2D eigenvalue weighted by molar-refractivity contribution is -0.118. The lowest BCUT2D eigenvalue weighted by atomic mass is 10.1. The summed E-state index contributed by atoms with van der Waals surface area (Å²) >= 11 is 1.25. The van der Waals surface area contributed by atoms with Crippen molar-refractivity contribution in [3.8, 4) is 0 Å². The summed E-state index contributed by atoms with van der Waals surface area (Å²) in [4.78, 5) is 31.6. The second-order valence-electron chi connectivity index (χ2n) is 5.13. The van der Waals surface area contributed by atoms with Crippen LogP contribution in [0.4, 0.5) is 0 Å². The Morgan fingerprint density at radius 3 is 2.44 bits per heavy atom. The van der Waals surface area contributed by atoms with Crippen LogP contribution in [0.1, 0.15) is 27.3 Å². The second kappa shape index (κ2) is 8.93. The van der Waals surface area contributed by atoms with Crippen molar-refractivity contribution < 1.29 is 14.3 Å². The van der Waals surface area contributed by atoms with E-state index in [-0.39, 0.29) is 11.7 Å². The number of methoxy groups -OCH3 is 1. The van der Waals surface area contributed by atoms with Gasteiger partial charge in [0.2, 0.25) is 0 Å². The molecule has 0 unspecified atom stereocenters. The molecule has 1 aromatic heterocycles. The fraction of sp³-hybridized carbons (Fsp3) is 0.235. The minimum Gasteiger partial charge on any atom is -0.465 e. The number of benzene rings is 1. The smallest absolute Gasteiger partial charge is 0.337 e. The van der Waals surface area contributed by atoms with Gasteiger partial charge < -0.3 is 4.74 Å². The van der Waals surface area contributed by atoms with Gasteiger partial charge in [-0.25, -0.2) is 20.2 Å². The van der Waals surface area contributed by atoms with Crippen molar-refractivity contribution in [3.05, 3.63) is 52.8 Å². The Morgan fingerprint density at radius 1 is 1.20 bits per heavy atom. The topological polar surface area (TPSA) is 93.5 Å². The van der Waals surface area contributed by atoms with Gasteiger partial charge in [-0.05, 0) is 37.6 Å². The summed E-state index contributed by atoms with van der Waals surface area (Å²) in [6, 6.07) is 8.55. The average molecular weight is 358 g/mol. The summed E-state index contributed by atoms with van der Waals surface area (Å²) in [6.07, 6.45) is 1.50. The summed E-state index contributed by atoms with van der Waals surface area (Å²) < 4.78 is 4.62. The normalized spacial score (nSPS) is 10.7. The molecule has 25 heavy (non-hydrogen) atoms. The van der Waals surface area contributed by atoms with Crippen molar-refractivity contribution in [2.75, 3.05) is 12.9 Å². The number of hydrazone groups is 1. The molecule has 0 fully saturated rings. The number of esters is 1. The Balaban J connectivity index is 1.82. The largest absolute Gasteiger partial charge is 0.465 e. The second-order valence-corrected chi connectivity index (χ2v) is 6.07. The summed E-state index contributed by atoms with van der Waals surface area (Å²) in [5.74, 6) is -0.487. The number of amides is 1. The zero-order valence-electron chi connectivity index (χ0n) is 14.1. The third-order valence-electron chi connectivity index (χ3n) is 3.03. The molecule has 2 aromatic rings. The summed E-state index contributed by atoms with van der Waals surface area (Å²) in [5, 5.41) is 4.45. The van der Waals surface area contributed by atoms with Crippen LogP contribution in [-0.4, -0.2) is 40.9 Å². The highest BCUT2D eigenvalue weighted by Gasteiger charge is 2.06. The first kappa shape index (κ1) is 18.6. The van der Waals surface area contributed by atoms with Gasteiger partial charge in [0.25, 0.3) is 5.91 Å². The van der Waals surface area contributed by atoms with Crippen LogP contribution in [0, 0.1) is 13.8 Å². The average Bonchev–Trinajstić information content (AvgIpc) is 2.59. The molecule has 0 aliphatic carbocycles. The number of carbonyl (C=O) groups is 2. The third kappa shape index (κ3) is 6.00. The van der Waals surface area contributed by atoms with E-state index in [2.05, 4.69) is 25.2 Å². The molecule has 7 nitrogen and oxygen atoms in total. The number of hydrogen-bond acceptors (Lipinski definition) is 7. The molecule has 0 aliphatic rings. The molecule has 130 valence electrons. The predicted molar refractivity (Wildman–Crippen MR) is 95.7 cm³/mol. The molecule has 1 amide bonds. The molecular weight excluding hydrogens is 340 g/mol. The number of ether oxygens (including phenoxy) is 1. The first-order chi connectivity index (χ1) is 12.0. The lowest BCUT2D eigenvalue weighted by Gasteiger charge is -2.02. The van der Waals surface area contributed by atoms with Gasteiger partial charge in [-0.1, -0.05) is 23.9 Å². The van der Waals surface area contributed by atoms with Crippen LogP contribution in [-0.2, 0) is 9.53 Å². The molecule has 1 aromatic carbocycles. The van der Waals surface area contributed by atoms with Gasteiger partial charge in [0.05, 0.1) is 24.6 Å². The molecule has 0 spiro atoms. The van der Waals surface area contributed by atoms with E-state index in [4.69, 9.17) is 0 Å². The zero-order valence-corrected chi connectivity index (χ0v) is 15.0. The third-order valence-corrected chi connectivity index (χ3v) is 3.88. The Bertz CT molecular complexity index is 771. The number of carbonyl (C=O) groups excluding carboxylic acids is 2. The van der Waals surface area contributed by atoms with Gasteiger partial charge in [0.15, 0.2) is 5.16 Å². The van der Waals surface area contributed by atoms with Crippen LogP contribution >= 0.6 is 11.8 Å². The van der Waals surface area contributed by atoms with Crippen LogP contribution in [0.2, 0.25) is 0 Å². The van der Waals surface area contributed by atoms with E-state index in [1.807, 2.05) is 19.9 Å². The Hall–Kier alpha value is -2.74. The SMILES string of the molecule is COC(=O)c1ccc(/C=N\NC(=O)CSc2nc(C)cc(C)n2)cc1. The molecule has 0 atom stereocenters. The lowest BCUT2D eigenvalue weighted by Crippen LogP contribution is -2.19. The minimum absolute atomic E-state index is 0.168. The molecule has 0 bridgehead atoms. The Morgan fingerprint density at radius 2 is 1.84 bits per heavy atom. The summed E-state index contributed by atoms with van der Waals surface area (Å²) in [5.41, 5.74) is 5.37. The number of aryl methyl sites for hydroxylation is 2. The number of rotatable bonds is 6. The maximum Gasteiger partial charge on any atom is 0.337 e. The van der Waals surface area contributed by atoms with Crippen molar-refractivity contribution in [2.45, 2.75) is 19.0 Å². The summed E-state index contributed by atoms with van der Waals surface area (Å²) in [6.45, 7) is 3.77. The van der Waals surface area contributed by atoms with E-state index in [0.29, 0.717) is 10.7 Å². The fourth-order valence-electron chi connectivity index (χ4n) is 1.92. The molecule has 0 saturated heterocycles. The highest BCUT2D eigenvalue weighted by molar-refractivity contribution is 7.99. The van der Waals surface area contributed by atoms with Crippen LogP contribution in [0.25, 0.3) is 0 Å². The van der Waals surface area contributed by atoms with Crippen molar-refractivity contribution in [1.82, 2.24) is 15.4 Å². The molecule has 1 N–H and O–H groups in total. The maximum atomic E-state index is 11.8. The predicted octanol–water partition coefficient (Wildman–Crippen LogP) is 2.12.